The van der Waals surface area contributed by atoms with E-state index < -0.39 is 24.1 Å². The number of aromatic nitrogens is 2. The van der Waals surface area contributed by atoms with Crippen molar-refractivity contribution < 1.29 is 14.3 Å². The Bertz CT molecular complexity index is 1560. The molecule has 2 N–H and O–H groups in total. The van der Waals surface area contributed by atoms with Crippen LogP contribution in [-0.4, -0.2) is 72.9 Å². The normalized spacial score (nSPS) is 23.7. The molecule has 1 unspecified atom stereocenters. The molecule has 1 atom stereocenters. The van der Waals surface area contributed by atoms with Crippen molar-refractivity contribution >= 4 is 108 Å². The number of carbonyl (C=O) groups is 2. The molecule has 3 aliphatic heterocycles. The molecule has 202 valence electrons. The summed E-state index contributed by atoms with van der Waals surface area (Å²) < 4.78 is 18.1. The number of hydrogen-bond donors (Lipinski definition) is 2. The third-order valence-corrected chi connectivity index (χ3v) is 17.8. The van der Waals surface area contributed by atoms with Crippen LogP contribution in [0.4, 0.5) is 10.7 Å². The van der Waals surface area contributed by atoms with Gasteiger partial charge in [0.25, 0.3) is 0 Å². The van der Waals surface area contributed by atoms with E-state index in [2.05, 4.69) is 76.0 Å². The number of benzene rings is 1. The molecule has 1 fully saturated rings. The van der Waals surface area contributed by atoms with E-state index in [1.807, 2.05) is 0 Å². The van der Waals surface area contributed by atoms with Crippen molar-refractivity contribution in [3.8, 4) is 0 Å². The van der Waals surface area contributed by atoms with Crippen LogP contribution < -0.4 is 5.32 Å². The van der Waals surface area contributed by atoms with Gasteiger partial charge in [-0.15, -0.1) is 0 Å². The number of nitrogens with one attached hydrogen (secondary N) is 2. The van der Waals surface area contributed by atoms with Crippen LogP contribution in [0.1, 0.15) is 25.0 Å². The molecule has 0 bridgehead atoms. The number of imidazole rings is 1. The first-order valence-electron chi connectivity index (χ1n) is 12.2. The van der Waals surface area contributed by atoms with Crippen LogP contribution in [0.5, 0.6) is 0 Å². The molecule has 4 heterocycles. The molecular weight excluding hydrogens is 821 g/mol. The van der Waals surface area contributed by atoms with Gasteiger partial charge in [0.1, 0.15) is 0 Å². The van der Waals surface area contributed by atoms with E-state index >= 15 is 0 Å². The van der Waals surface area contributed by atoms with Gasteiger partial charge in [-0.3, -0.25) is 5.32 Å². The van der Waals surface area contributed by atoms with Crippen molar-refractivity contribution in [1.29, 1.82) is 0 Å². The van der Waals surface area contributed by atoms with Gasteiger partial charge >= 0.3 is 160 Å². The van der Waals surface area contributed by atoms with Gasteiger partial charge in [0.15, 0.2) is 0 Å². The van der Waals surface area contributed by atoms with Crippen molar-refractivity contribution in [2.24, 2.45) is 0 Å². The maximum atomic E-state index is 12.5. The number of aromatic amines is 1. The number of hydrogen-bond acceptors (Lipinski definition) is 5. The van der Waals surface area contributed by atoms with E-state index in [-0.39, 0.29) is 41.5 Å². The van der Waals surface area contributed by atoms with Crippen LogP contribution in [0.3, 0.4) is 0 Å². The van der Waals surface area contributed by atoms with Gasteiger partial charge in [-0.05, 0) is 23.4 Å². The summed E-state index contributed by atoms with van der Waals surface area (Å²) in [5, 5.41) is 2.71. The number of fused-ring (bicyclic) bond motifs is 1. The molecule has 1 aromatic heterocycles. The van der Waals surface area contributed by atoms with Gasteiger partial charge in [-0.1, -0.05) is 32.9 Å². The Morgan fingerprint density at radius 3 is 2.87 bits per heavy atom. The summed E-state index contributed by atoms with van der Waals surface area (Å²) in [6.45, 7) is 6.67. The van der Waals surface area contributed by atoms with E-state index in [9.17, 15) is 9.59 Å². The summed E-state index contributed by atoms with van der Waals surface area (Å²) in [5.74, 6) is 0.387. The fourth-order valence-corrected chi connectivity index (χ4v) is 12.5. The number of nitrogens with zero attached hydrogens (tertiary/aromatic N) is 2. The number of amides is 1. The zero-order valence-electron chi connectivity index (χ0n) is 21.6. The predicted octanol–water partition coefficient (Wildman–Crippen LogP) is 6.20. The predicted molar refractivity (Wildman–Crippen MR) is 188 cm³/mol. The molecule has 5 rings (SSSR count). The second kappa shape index (κ2) is 11.8. The van der Waals surface area contributed by atoms with Gasteiger partial charge in [0.05, 0.1) is 6.61 Å². The van der Waals surface area contributed by atoms with Crippen LogP contribution in [0.25, 0.3) is 20.2 Å². The second-order valence-electron chi connectivity index (χ2n) is 9.33. The Hall–Kier alpha value is -1.65. The quantitative estimate of drug-likeness (QED) is 0.206. The van der Waals surface area contributed by atoms with Gasteiger partial charge in [0.2, 0.25) is 5.95 Å². The Morgan fingerprint density at radius 2 is 2.16 bits per heavy atom. The Kier molecular flexibility index (Phi) is 8.69. The third-order valence-electron chi connectivity index (χ3n) is 6.39. The van der Waals surface area contributed by atoms with Crippen LogP contribution >= 0.6 is 59.4 Å². The minimum absolute atomic E-state index is 0.281. The van der Waals surface area contributed by atoms with Crippen molar-refractivity contribution in [1.82, 2.24) is 14.9 Å². The topological polar surface area (TPSA) is 87.3 Å². The molecular formula is C28H31I3N4O3. The SMILES string of the molecule is C=I1(C)CCN(CC2=CC=C(c3cc(C4=C(C)C=CC=I4)c4nc(NC(=O)OCC)[nH]c4c3)C=I2)CC1=O. The maximum absolute atomic E-state index is 12.5. The number of halogens is 3. The van der Waals surface area contributed by atoms with Crippen molar-refractivity contribution in [3.63, 3.8) is 0 Å². The molecule has 3 aliphatic rings. The molecule has 1 aromatic carbocycles. The molecule has 1 amide bonds. The van der Waals surface area contributed by atoms with E-state index in [0.717, 1.165) is 39.7 Å². The zero-order chi connectivity index (χ0) is 26.9. The van der Waals surface area contributed by atoms with Gasteiger partial charge < -0.3 is 4.74 Å². The van der Waals surface area contributed by atoms with Crippen LogP contribution in [-0.2, 0) is 9.53 Å². The molecule has 2 aromatic rings. The summed E-state index contributed by atoms with van der Waals surface area (Å²) in [7, 11) is 0. The van der Waals surface area contributed by atoms with Crippen LogP contribution in [0, 0.1) is 0 Å². The summed E-state index contributed by atoms with van der Waals surface area (Å²) in [4.78, 5) is 37.0. The summed E-state index contributed by atoms with van der Waals surface area (Å²) in [5.41, 5.74) is 6.47. The van der Waals surface area contributed by atoms with Gasteiger partial charge in [-0.2, -0.15) is 0 Å². The average Bonchev–Trinajstić information content (AvgIpc) is 3.29. The first kappa shape index (κ1) is 27.9. The Morgan fingerprint density at radius 1 is 1.32 bits per heavy atom. The number of H-pyrrole nitrogens is 1. The molecule has 1 saturated heterocycles. The molecule has 0 spiro atoms. The molecule has 0 saturated carbocycles. The Balaban J connectivity index is 1.46. The third kappa shape index (κ3) is 6.22. The standard InChI is InChI=1S/C28H31I3N4O3/c1-5-38-28(37)34-27-32-23-14-20(13-22(26(23)33-27)25-18(2)7-6-10-29-25)19-8-9-21(30-15-19)16-35-12-11-31(3,4)24(36)17-35/h6-10,13-15H,3,5,11-12,16-17H2,1-2,4H3,(H2,32,33,34,37). The first-order valence-corrected chi connectivity index (χ1v) is 23.1. The van der Waals surface area contributed by atoms with E-state index in [0.29, 0.717) is 22.9 Å². The molecule has 0 aliphatic carbocycles. The van der Waals surface area contributed by atoms with Crippen LogP contribution in [0.15, 0.2) is 45.6 Å². The van der Waals surface area contributed by atoms with Crippen molar-refractivity contribution in [2.75, 3.05) is 40.9 Å². The number of alkyl halides is 2. The monoisotopic (exact) mass is 852 g/mol. The fourth-order valence-electron chi connectivity index (χ4n) is 4.27. The number of rotatable bonds is 6. The van der Waals surface area contributed by atoms with E-state index in [1.165, 1.54) is 18.3 Å². The average molecular weight is 852 g/mol. The number of carbonyl (C=O) groups excluding carboxylic acids is 2. The summed E-state index contributed by atoms with van der Waals surface area (Å²) >= 11 is -2.93. The number of ether oxygens (including phenoxy) is 1. The molecule has 10 heteroatoms. The number of anilines is 1. The van der Waals surface area contributed by atoms with E-state index in [4.69, 9.17) is 9.72 Å². The van der Waals surface area contributed by atoms with E-state index in [1.54, 1.807) is 6.92 Å². The van der Waals surface area contributed by atoms with Gasteiger partial charge in [-0.25, -0.2) is 9.78 Å². The summed E-state index contributed by atoms with van der Waals surface area (Å²) in [6.07, 6.45) is 8.23. The molecule has 7 nitrogen and oxygen atoms in total. The van der Waals surface area contributed by atoms with Crippen LogP contribution in [0.2, 0.25) is 0 Å². The van der Waals surface area contributed by atoms with Gasteiger partial charge in [0, 0.05) is 0 Å². The molecule has 38 heavy (non-hydrogen) atoms. The zero-order valence-corrected chi connectivity index (χ0v) is 28.1. The summed E-state index contributed by atoms with van der Waals surface area (Å²) in [6, 6.07) is 4.37. The second-order valence-corrected chi connectivity index (χ2v) is 23.4. The minimum atomic E-state index is -2.36. The molecule has 0 radical (unpaired) electrons. The Labute approximate surface area is 246 Å². The fraction of sp³-hybridized carbons (Fsp3) is 0.286. The van der Waals surface area contributed by atoms with Crippen molar-refractivity contribution in [3.05, 3.63) is 56.7 Å². The van der Waals surface area contributed by atoms with Crippen molar-refractivity contribution in [2.45, 2.75) is 13.8 Å². The number of allylic oxidation sites excluding steroid dienone is 6. The first-order chi connectivity index (χ1) is 18.2.